The highest BCUT2D eigenvalue weighted by molar-refractivity contribution is 6.19. The number of aryl methyl sites for hydroxylation is 1. The van der Waals surface area contributed by atoms with Crippen LogP contribution in [0.15, 0.2) is 24.4 Å². The van der Waals surface area contributed by atoms with E-state index in [1.54, 1.807) is 18.3 Å². The highest BCUT2D eigenvalue weighted by atomic mass is 35.5. The third-order valence-corrected chi connectivity index (χ3v) is 2.73. The molecular formula is C11H10ClNO2. The molecule has 0 fully saturated rings. The van der Waals surface area contributed by atoms with Gasteiger partial charge in [-0.1, -0.05) is 6.92 Å². The van der Waals surface area contributed by atoms with Gasteiger partial charge in [0.05, 0.1) is 11.1 Å². The zero-order chi connectivity index (χ0) is 11.0. The second-order valence-corrected chi connectivity index (χ2v) is 3.72. The lowest BCUT2D eigenvalue weighted by molar-refractivity contribution is 0.0697. The van der Waals surface area contributed by atoms with Crippen molar-refractivity contribution < 1.29 is 9.90 Å². The Labute approximate surface area is 92.0 Å². The molecule has 1 aromatic carbocycles. The van der Waals surface area contributed by atoms with Crippen molar-refractivity contribution in [2.45, 2.75) is 13.3 Å². The van der Waals surface area contributed by atoms with E-state index in [0.717, 1.165) is 22.9 Å². The quantitative estimate of drug-likeness (QED) is 0.851. The third kappa shape index (κ3) is 1.59. The number of nitrogens with zero attached hydrogens (tertiary/aromatic N) is 1. The van der Waals surface area contributed by atoms with Gasteiger partial charge in [-0.15, -0.1) is 0 Å². The smallest absolute Gasteiger partial charge is 0.335 e. The Kier molecular flexibility index (Phi) is 2.40. The monoisotopic (exact) mass is 223 g/mol. The fourth-order valence-electron chi connectivity index (χ4n) is 1.72. The molecule has 0 bridgehead atoms. The van der Waals surface area contributed by atoms with Crippen molar-refractivity contribution in [1.82, 2.24) is 4.09 Å². The predicted octanol–water partition coefficient (Wildman–Crippen LogP) is 2.90. The van der Waals surface area contributed by atoms with E-state index in [2.05, 4.69) is 0 Å². The van der Waals surface area contributed by atoms with Crippen molar-refractivity contribution in [1.29, 1.82) is 0 Å². The molecule has 0 aliphatic heterocycles. The van der Waals surface area contributed by atoms with Gasteiger partial charge in [0.2, 0.25) is 0 Å². The zero-order valence-corrected chi connectivity index (χ0v) is 8.95. The first-order valence-electron chi connectivity index (χ1n) is 4.67. The summed E-state index contributed by atoms with van der Waals surface area (Å²) < 4.78 is 1.50. The van der Waals surface area contributed by atoms with Crippen LogP contribution in [0.5, 0.6) is 0 Å². The molecule has 0 spiro atoms. The number of carboxylic acid groups (broad SMARTS) is 1. The Morgan fingerprint density at radius 1 is 1.53 bits per heavy atom. The molecule has 2 aromatic rings. The highest BCUT2D eigenvalue weighted by Crippen LogP contribution is 2.24. The topological polar surface area (TPSA) is 42.2 Å². The normalized spacial score (nSPS) is 10.8. The number of hydrogen-bond donors (Lipinski definition) is 1. The maximum Gasteiger partial charge on any atom is 0.335 e. The van der Waals surface area contributed by atoms with Gasteiger partial charge in [0, 0.05) is 23.4 Å². The molecule has 15 heavy (non-hydrogen) atoms. The first kappa shape index (κ1) is 10.1. The van der Waals surface area contributed by atoms with Gasteiger partial charge in [-0.2, -0.15) is 0 Å². The summed E-state index contributed by atoms with van der Waals surface area (Å²) in [6.07, 6.45) is 2.48. The van der Waals surface area contributed by atoms with Crippen LogP contribution in [0, 0.1) is 0 Å². The molecule has 0 aliphatic rings. The van der Waals surface area contributed by atoms with Crippen LogP contribution >= 0.6 is 11.8 Å². The zero-order valence-electron chi connectivity index (χ0n) is 8.20. The van der Waals surface area contributed by atoms with E-state index in [1.165, 1.54) is 4.09 Å². The fraction of sp³-hybridized carbons (Fsp3) is 0.182. The molecule has 0 unspecified atom stereocenters. The lowest BCUT2D eigenvalue weighted by Crippen LogP contribution is -1.98. The number of fused-ring (bicyclic) bond motifs is 1. The van der Waals surface area contributed by atoms with Crippen molar-refractivity contribution in [3.63, 3.8) is 0 Å². The minimum absolute atomic E-state index is 0.308. The number of halogens is 1. The molecule has 1 N–H and O–H groups in total. The van der Waals surface area contributed by atoms with Gasteiger partial charge in [0.15, 0.2) is 0 Å². The summed E-state index contributed by atoms with van der Waals surface area (Å²) in [4.78, 5) is 10.9. The molecule has 0 atom stereocenters. The minimum Gasteiger partial charge on any atom is -0.478 e. The summed E-state index contributed by atoms with van der Waals surface area (Å²) in [7, 11) is 0. The summed E-state index contributed by atoms with van der Waals surface area (Å²) >= 11 is 5.96. The van der Waals surface area contributed by atoms with E-state index >= 15 is 0 Å². The van der Waals surface area contributed by atoms with Crippen molar-refractivity contribution in [2.24, 2.45) is 0 Å². The van der Waals surface area contributed by atoms with E-state index in [0.29, 0.717) is 5.56 Å². The van der Waals surface area contributed by atoms with Gasteiger partial charge >= 0.3 is 5.97 Å². The Morgan fingerprint density at radius 2 is 2.27 bits per heavy atom. The maximum absolute atomic E-state index is 10.9. The molecule has 1 heterocycles. The molecule has 0 aliphatic carbocycles. The molecule has 0 saturated carbocycles. The molecular weight excluding hydrogens is 214 g/mol. The van der Waals surface area contributed by atoms with Crippen LogP contribution in [0.3, 0.4) is 0 Å². The number of hydrogen-bond acceptors (Lipinski definition) is 1. The third-order valence-electron chi connectivity index (χ3n) is 2.44. The van der Waals surface area contributed by atoms with Crippen LogP contribution in [0.25, 0.3) is 10.9 Å². The Morgan fingerprint density at radius 3 is 2.87 bits per heavy atom. The van der Waals surface area contributed by atoms with Gasteiger partial charge in [-0.05, 0) is 30.2 Å². The molecule has 78 valence electrons. The van der Waals surface area contributed by atoms with Gasteiger partial charge in [-0.3, -0.25) is 4.09 Å². The summed E-state index contributed by atoms with van der Waals surface area (Å²) in [5.74, 6) is -0.908. The lowest BCUT2D eigenvalue weighted by atomic mass is 10.1. The second kappa shape index (κ2) is 3.59. The molecule has 1 aromatic heterocycles. The standard InChI is InChI=1S/C11H10ClNO2/c1-2-7-5-9(11(14)15)6-8-3-4-13(12)10(7)8/h3-6H,2H2,1H3,(H,14,15). The largest absolute Gasteiger partial charge is 0.478 e. The van der Waals surface area contributed by atoms with Crippen LogP contribution in [0.2, 0.25) is 0 Å². The average Bonchev–Trinajstić information content (AvgIpc) is 2.59. The molecule has 0 saturated heterocycles. The van der Waals surface area contributed by atoms with Crippen LogP contribution < -0.4 is 0 Å². The number of rotatable bonds is 2. The summed E-state index contributed by atoms with van der Waals surface area (Å²) in [5, 5.41) is 9.79. The van der Waals surface area contributed by atoms with E-state index in [4.69, 9.17) is 16.9 Å². The van der Waals surface area contributed by atoms with Crippen molar-refractivity contribution >= 4 is 28.6 Å². The Hall–Kier alpha value is -1.48. The van der Waals surface area contributed by atoms with E-state index in [1.807, 2.05) is 13.0 Å². The molecule has 0 amide bonds. The number of benzene rings is 1. The number of carboxylic acids is 1. The van der Waals surface area contributed by atoms with Gasteiger partial charge in [-0.25, -0.2) is 4.79 Å². The molecule has 4 heteroatoms. The summed E-state index contributed by atoms with van der Waals surface area (Å²) in [5.41, 5.74) is 2.15. The van der Waals surface area contributed by atoms with Crippen molar-refractivity contribution in [3.05, 3.63) is 35.5 Å². The number of carbonyl (C=O) groups is 1. The minimum atomic E-state index is -0.908. The highest BCUT2D eigenvalue weighted by Gasteiger charge is 2.10. The van der Waals surface area contributed by atoms with Crippen LogP contribution in [0.1, 0.15) is 22.8 Å². The number of aromatic nitrogens is 1. The Balaban J connectivity index is 2.79. The van der Waals surface area contributed by atoms with E-state index < -0.39 is 5.97 Å². The lowest BCUT2D eigenvalue weighted by Gasteiger charge is -2.04. The average molecular weight is 224 g/mol. The van der Waals surface area contributed by atoms with Crippen LogP contribution in [0.4, 0.5) is 0 Å². The van der Waals surface area contributed by atoms with Crippen molar-refractivity contribution in [2.75, 3.05) is 0 Å². The number of aromatic carboxylic acids is 1. The SMILES string of the molecule is CCc1cc(C(=O)O)cc2ccn(Cl)c12. The van der Waals surface area contributed by atoms with Crippen LogP contribution in [-0.4, -0.2) is 15.2 Å². The predicted molar refractivity (Wildman–Crippen MR) is 59.5 cm³/mol. The molecule has 3 nitrogen and oxygen atoms in total. The summed E-state index contributed by atoms with van der Waals surface area (Å²) in [6, 6.07) is 5.12. The van der Waals surface area contributed by atoms with Gasteiger partial charge in [0.25, 0.3) is 0 Å². The molecule has 2 rings (SSSR count). The van der Waals surface area contributed by atoms with Gasteiger partial charge < -0.3 is 5.11 Å². The maximum atomic E-state index is 10.9. The van der Waals surface area contributed by atoms with E-state index in [-0.39, 0.29) is 0 Å². The fourth-order valence-corrected chi connectivity index (χ4v) is 1.98. The molecule has 0 radical (unpaired) electrons. The van der Waals surface area contributed by atoms with Gasteiger partial charge in [0.1, 0.15) is 0 Å². The van der Waals surface area contributed by atoms with Crippen molar-refractivity contribution in [3.8, 4) is 0 Å². The summed E-state index contributed by atoms with van der Waals surface area (Å²) in [6.45, 7) is 1.98. The first-order valence-corrected chi connectivity index (χ1v) is 5.00. The van der Waals surface area contributed by atoms with E-state index in [9.17, 15) is 4.79 Å². The first-order chi connectivity index (χ1) is 7.13. The van der Waals surface area contributed by atoms with Crippen LogP contribution in [-0.2, 0) is 6.42 Å². The Bertz CT molecular complexity index is 531. The second-order valence-electron chi connectivity index (χ2n) is 3.36.